The van der Waals surface area contributed by atoms with Crippen LogP contribution < -0.4 is 0 Å². The molecule has 0 N–H and O–H groups in total. The van der Waals surface area contributed by atoms with E-state index < -0.39 is 0 Å². The first-order valence-corrected chi connectivity index (χ1v) is 8.29. The fourth-order valence-electron chi connectivity index (χ4n) is 3.55. The van der Waals surface area contributed by atoms with Gasteiger partial charge in [-0.1, -0.05) is 55.3 Å². The van der Waals surface area contributed by atoms with Gasteiger partial charge in [-0.3, -0.25) is 0 Å². The largest absolute Gasteiger partial charge is 0.501 e. The highest BCUT2D eigenvalue weighted by Gasteiger charge is 2.42. The van der Waals surface area contributed by atoms with E-state index in [4.69, 9.17) is 9.47 Å². The molecule has 2 unspecified atom stereocenters. The minimum Gasteiger partial charge on any atom is -0.501 e. The Bertz CT molecular complexity index is 466. The predicted octanol–water partition coefficient (Wildman–Crippen LogP) is 5.08. The lowest BCUT2D eigenvalue weighted by Gasteiger charge is -2.43. The van der Waals surface area contributed by atoms with Crippen LogP contribution in [0, 0.1) is 5.41 Å². The first-order chi connectivity index (χ1) is 10.8. The SMILES string of the molecule is C=CCOCC1(COC=CC)CCCCC1c1ccccc1. The summed E-state index contributed by atoms with van der Waals surface area (Å²) in [5.74, 6) is 0.498. The predicted molar refractivity (Wildman–Crippen MR) is 91.9 cm³/mol. The van der Waals surface area contributed by atoms with Crippen molar-refractivity contribution in [3.05, 3.63) is 60.9 Å². The molecule has 0 amide bonds. The Kier molecular flexibility index (Phi) is 6.73. The number of hydrogen-bond acceptors (Lipinski definition) is 2. The summed E-state index contributed by atoms with van der Waals surface area (Å²) in [6, 6.07) is 10.8. The van der Waals surface area contributed by atoms with Crippen LogP contribution in [0.3, 0.4) is 0 Å². The molecule has 22 heavy (non-hydrogen) atoms. The second-order valence-corrected chi connectivity index (χ2v) is 6.16. The highest BCUT2D eigenvalue weighted by atomic mass is 16.5. The fraction of sp³-hybridized carbons (Fsp3) is 0.500. The van der Waals surface area contributed by atoms with Crippen LogP contribution in [-0.4, -0.2) is 19.8 Å². The lowest BCUT2D eigenvalue weighted by Crippen LogP contribution is -2.40. The molecular weight excluding hydrogens is 272 g/mol. The summed E-state index contributed by atoms with van der Waals surface area (Å²) < 4.78 is 11.7. The van der Waals surface area contributed by atoms with E-state index in [-0.39, 0.29) is 5.41 Å². The van der Waals surface area contributed by atoms with E-state index in [9.17, 15) is 0 Å². The Morgan fingerprint density at radius 3 is 2.77 bits per heavy atom. The van der Waals surface area contributed by atoms with Crippen molar-refractivity contribution < 1.29 is 9.47 Å². The van der Waals surface area contributed by atoms with Gasteiger partial charge in [0.15, 0.2) is 0 Å². The molecule has 2 rings (SSSR count). The molecule has 1 aliphatic carbocycles. The molecule has 0 radical (unpaired) electrons. The van der Waals surface area contributed by atoms with Crippen molar-refractivity contribution >= 4 is 0 Å². The summed E-state index contributed by atoms with van der Waals surface area (Å²) in [5.41, 5.74) is 1.47. The molecule has 1 fully saturated rings. The van der Waals surface area contributed by atoms with Gasteiger partial charge in [0, 0.05) is 5.41 Å². The van der Waals surface area contributed by atoms with Crippen LogP contribution in [0.2, 0.25) is 0 Å². The quantitative estimate of drug-likeness (QED) is 0.378. The molecule has 2 atom stereocenters. The normalized spacial score (nSPS) is 25.2. The lowest BCUT2D eigenvalue weighted by atomic mass is 9.64. The Labute approximate surface area is 134 Å². The summed E-state index contributed by atoms with van der Waals surface area (Å²) in [6.45, 7) is 7.79. The van der Waals surface area contributed by atoms with Crippen molar-refractivity contribution in [1.82, 2.24) is 0 Å². The monoisotopic (exact) mass is 300 g/mol. The average Bonchev–Trinajstić information content (AvgIpc) is 2.57. The molecule has 1 aromatic carbocycles. The zero-order chi connectivity index (χ0) is 15.7. The topological polar surface area (TPSA) is 18.5 Å². The van der Waals surface area contributed by atoms with Crippen molar-refractivity contribution in [2.24, 2.45) is 5.41 Å². The summed E-state index contributed by atoms with van der Waals surface area (Å²) >= 11 is 0. The fourth-order valence-corrected chi connectivity index (χ4v) is 3.55. The van der Waals surface area contributed by atoms with Crippen LogP contribution in [0.4, 0.5) is 0 Å². The molecule has 0 aromatic heterocycles. The second-order valence-electron chi connectivity index (χ2n) is 6.16. The molecule has 0 heterocycles. The third-order valence-electron chi connectivity index (χ3n) is 4.59. The van der Waals surface area contributed by atoms with Gasteiger partial charge in [0.1, 0.15) is 0 Å². The van der Waals surface area contributed by atoms with Gasteiger partial charge in [0.05, 0.1) is 26.1 Å². The van der Waals surface area contributed by atoms with Crippen LogP contribution in [0.25, 0.3) is 0 Å². The molecule has 0 aliphatic heterocycles. The third kappa shape index (κ3) is 4.23. The minimum absolute atomic E-state index is 0.0577. The Hall–Kier alpha value is -1.54. The first kappa shape index (κ1) is 16.8. The van der Waals surface area contributed by atoms with Crippen LogP contribution in [0.1, 0.15) is 44.1 Å². The lowest BCUT2D eigenvalue weighted by molar-refractivity contribution is -0.0274. The Morgan fingerprint density at radius 1 is 1.23 bits per heavy atom. The molecule has 1 saturated carbocycles. The van der Waals surface area contributed by atoms with E-state index in [2.05, 4.69) is 36.9 Å². The van der Waals surface area contributed by atoms with Gasteiger partial charge < -0.3 is 9.47 Å². The summed E-state index contributed by atoms with van der Waals surface area (Å²) in [5, 5.41) is 0. The maximum atomic E-state index is 5.89. The third-order valence-corrected chi connectivity index (χ3v) is 4.59. The van der Waals surface area contributed by atoms with Crippen LogP contribution in [0.15, 0.2) is 55.3 Å². The summed E-state index contributed by atoms with van der Waals surface area (Å²) in [6.07, 6.45) is 10.5. The molecule has 0 bridgehead atoms. The Balaban J connectivity index is 2.21. The summed E-state index contributed by atoms with van der Waals surface area (Å²) in [7, 11) is 0. The van der Waals surface area contributed by atoms with Gasteiger partial charge >= 0.3 is 0 Å². The van der Waals surface area contributed by atoms with Crippen LogP contribution >= 0.6 is 0 Å². The molecular formula is C20H28O2. The van der Waals surface area contributed by atoms with E-state index >= 15 is 0 Å². The Morgan fingerprint density at radius 2 is 2.05 bits per heavy atom. The van der Waals surface area contributed by atoms with E-state index in [1.54, 1.807) is 6.26 Å². The van der Waals surface area contributed by atoms with Gasteiger partial charge in [0.25, 0.3) is 0 Å². The van der Waals surface area contributed by atoms with Crippen molar-refractivity contribution in [3.8, 4) is 0 Å². The average molecular weight is 300 g/mol. The van der Waals surface area contributed by atoms with E-state index in [0.29, 0.717) is 19.1 Å². The van der Waals surface area contributed by atoms with Crippen LogP contribution in [0.5, 0.6) is 0 Å². The van der Waals surface area contributed by atoms with E-state index in [1.165, 1.54) is 24.8 Å². The van der Waals surface area contributed by atoms with Crippen molar-refractivity contribution in [3.63, 3.8) is 0 Å². The van der Waals surface area contributed by atoms with Gasteiger partial charge in [-0.25, -0.2) is 0 Å². The van der Waals surface area contributed by atoms with Crippen molar-refractivity contribution in [2.45, 2.75) is 38.5 Å². The number of hydrogen-bond donors (Lipinski definition) is 0. The zero-order valence-electron chi connectivity index (χ0n) is 13.7. The summed E-state index contributed by atoms with van der Waals surface area (Å²) in [4.78, 5) is 0. The number of benzene rings is 1. The molecule has 1 aromatic rings. The number of ether oxygens (including phenoxy) is 2. The maximum Gasteiger partial charge on any atom is 0.0957 e. The number of allylic oxidation sites excluding steroid dienone is 1. The first-order valence-electron chi connectivity index (χ1n) is 8.29. The zero-order valence-corrected chi connectivity index (χ0v) is 13.7. The van der Waals surface area contributed by atoms with Gasteiger partial charge in [-0.15, -0.1) is 6.58 Å². The molecule has 2 heteroatoms. The molecule has 0 saturated heterocycles. The molecule has 1 aliphatic rings. The van der Waals surface area contributed by atoms with Crippen LogP contribution in [-0.2, 0) is 9.47 Å². The number of rotatable bonds is 8. The highest BCUT2D eigenvalue weighted by Crippen LogP contribution is 2.48. The smallest absolute Gasteiger partial charge is 0.0957 e. The van der Waals surface area contributed by atoms with E-state index in [1.807, 2.05) is 19.1 Å². The van der Waals surface area contributed by atoms with E-state index in [0.717, 1.165) is 13.0 Å². The van der Waals surface area contributed by atoms with Gasteiger partial charge in [0.2, 0.25) is 0 Å². The van der Waals surface area contributed by atoms with Crippen molar-refractivity contribution in [2.75, 3.05) is 19.8 Å². The van der Waals surface area contributed by atoms with Gasteiger partial charge in [-0.05, 0) is 31.2 Å². The minimum atomic E-state index is 0.0577. The second kappa shape index (κ2) is 8.79. The maximum absolute atomic E-state index is 5.89. The molecule has 0 spiro atoms. The highest BCUT2D eigenvalue weighted by molar-refractivity contribution is 5.23. The standard InChI is InChI=1S/C20H28O2/c1-3-14-21-16-20(17-22-15-4-2)13-9-8-12-19(20)18-10-6-5-7-11-18/h3-7,10-11,15,19H,1,8-9,12-14,16-17H2,2H3. The molecule has 120 valence electrons. The van der Waals surface area contributed by atoms with Gasteiger partial charge in [-0.2, -0.15) is 0 Å². The van der Waals surface area contributed by atoms with Crippen molar-refractivity contribution in [1.29, 1.82) is 0 Å². The molecule has 2 nitrogen and oxygen atoms in total.